The second-order valence-electron chi connectivity index (χ2n) is 6.49. The molecule has 1 aliphatic carbocycles. The number of allylic oxidation sites excluding steroid dienone is 2. The van der Waals surface area contributed by atoms with Gasteiger partial charge in [0.1, 0.15) is 0 Å². The van der Waals surface area contributed by atoms with Crippen LogP contribution < -0.4 is 10.4 Å². The SMILES string of the molecule is O=C([O-])c1ccc([N+](=O)[O-])c2c1N[C@@H](c1ccc(Cl)cc1)[C@H]1CC=C[C@H]21. The van der Waals surface area contributed by atoms with Crippen molar-refractivity contribution in [3.05, 3.63) is 80.4 Å². The molecule has 132 valence electrons. The molecule has 0 saturated carbocycles. The molecule has 3 atom stereocenters. The van der Waals surface area contributed by atoms with Gasteiger partial charge in [0.25, 0.3) is 5.69 Å². The van der Waals surface area contributed by atoms with Gasteiger partial charge in [-0.15, -0.1) is 0 Å². The Labute approximate surface area is 154 Å². The first-order valence-electron chi connectivity index (χ1n) is 8.18. The summed E-state index contributed by atoms with van der Waals surface area (Å²) in [6.45, 7) is 0. The number of hydrogen-bond donors (Lipinski definition) is 1. The number of anilines is 1. The number of nitro groups is 1. The highest BCUT2D eigenvalue weighted by molar-refractivity contribution is 6.30. The van der Waals surface area contributed by atoms with Crippen molar-refractivity contribution in [3.8, 4) is 0 Å². The highest BCUT2D eigenvalue weighted by Gasteiger charge is 2.42. The maximum atomic E-state index is 11.6. The summed E-state index contributed by atoms with van der Waals surface area (Å²) in [5.74, 6) is -1.54. The van der Waals surface area contributed by atoms with Crippen molar-refractivity contribution in [1.82, 2.24) is 0 Å². The van der Waals surface area contributed by atoms with E-state index >= 15 is 0 Å². The molecule has 1 aliphatic heterocycles. The van der Waals surface area contributed by atoms with Gasteiger partial charge in [-0.05, 0) is 36.1 Å². The van der Waals surface area contributed by atoms with Crippen LogP contribution in [0.3, 0.4) is 0 Å². The molecule has 0 fully saturated rings. The number of hydrogen-bond acceptors (Lipinski definition) is 5. The molecule has 0 amide bonds. The first-order valence-corrected chi connectivity index (χ1v) is 8.56. The number of carbonyl (C=O) groups is 1. The monoisotopic (exact) mass is 369 g/mol. The Balaban J connectivity index is 1.91. The molecule has 4 rings (SSSR count). The Morgan fingerprint density at radius 3 is 2.58 bits per heavy atom. The smallest absolute Gasteiger partial charge is 0.275 e. The van der Waals surface area contributed by atoms with Crippen LogP contribution in [-0.2, 0) is 0 Å². The number of nitrogens with one attached hydrogen (secondary N) is 1. The molecule has 26 heavy (non-hydrogen) atoms. The molecule has 2 aliphatic rings. The van der Waals surface area contributed by atoms with Gasteiger partial charge in [0.15, 0.2) is 0 Å². The molecule has 7 heteroatoms. The zero-order valence-corrected chi connectivity index (χ0v) is 14.3. The predicted molar refractivity (Wildman–Crippen MR) is 95.2 cm³/mol. The van der Waals surface area contributed by atoms with E-state index in [0.29, 0.717) is 10.6 Å². The van der Waals surface area contributed by atoms with Gasteiger partial charge in [0, 0.05) is 22.6 Å². The van der Waals surface area contributed by atoms with Crippen LogP contribution in [-0.4, -0.2) is 10.9 Å². The maximum absolute atomic E-state index is 11.6. The number of aromatic carboxylic acids is 1. The number of halogens is 1. The molecule has 2 aromatic carbocycles. The second kappa shape index (κ2) is 6.14. The highest BCUT2D eigenvalue weighted by atomic mass is 35.5. The van der Waals surface area contributed by atoms with Crippen LogP contribution in [0.25, 0.3) is 0 Å². The Kier molecular flexibility index (Phi) is 3.92. The van der Waals surface area contributed by atoms with E-state index < -0.39 is 10.9 Å². The van der Waals surface area contributed by atoms with Gasteiger partial charge in [-0.3, -0.25) is 10.1 Å². The molecule has 1 N–H and O–H groups in total. The van der Waals surface area contributed by atoms with E-state index in [9.17, 15) is 20.0 Å². The average Bonchev–Trinajstić information content (AvgIpc) is 3.10. The second-order valence-corrected chi connectivity index (χ2v) is 6.93. The van der Waals surface area contributed by atoms with Gasteiger partial charge in [-0.2, -0.15) is 0 Å². The first-order chi connectivity index (χ1) is 12.5. The molecule has 0 aromatic heterocycles. The third kappa shape index (κ3) is 2.54. The summed E-state index contributed by atoms with van der Waals surface area (Å²) < 4.78 is 0. The van der Waals surface area contributed by atoms with E-state index in [4.69, 9.17) is 11.6 Å². The summed E-state index contributed by atoms with van der Waals surface area (Å²) in [4.78, 5) is 22.6. The zero-order chi connectivity index (χ0) is 18.4. The van der Waals surface area contributed by atoms with Crippen LogP contribution in [0, 0.1) is 16.0 Å². The van der Waals surface area contributed by atoms with Crippen LogP contribution in [0.2, 0.25) is 5.02 Å². The molecule has 0 spiro atoms. The Morgan fingerprint density at radius 2 is 1.92 bits per heavy atom. The fourth-order valence-electron chi connectivity index (χ4n) is 4.02. The minimum Gasteiger partial charge on any atom is -0.545 e. The van der Waals surface area contributed by atoms with Crippen LogP contribution in [0.5, 0.6) is 0 Å². The number of carboxylic acids is 1. The third-order valence-electron chi connectivity index (χ3n) is 5.14. The minimum atomic E-state index is -1.36. The molecule has 0 unspecified atom stereocenters. The summed E-state index contributed by atoms with van der Waals surface area (Å²) in [7, 11) is 0. The van der Waals surface area contributed by atoms with Gasteiger partial charge >= 0.3 is 0 Å². The summed E-state index contributed by atoms with van der Waals surface area (Å²) in [6.07, 6.45) is 4.67. The normalized spacial score (nSPS) is 23.0. The van der Waals surface area contributed by atoms with Crippen LogP contribution >= 0.6 is 11.6 Å². The quantitative estimate of drug-likeness (QED) is 0.508. The van der Waals surface area contributed by atoms with Crippen molar-refractivity contribution in [1.29, 1.82) is 0 Å². The molecule has 0 bridgehead atoms. The number of nitrogens with zero attached hydrogens (tertiary/aromatic N) is 1. The van der Waals surface area contributed by atoms with Crippen molar-refractivity contribution >= 4 is 28.9 Å². The van der Waals surface area contributed by atoms with Crippen molar-refractivity contribution in [2.45, 2.75) is 18.4 Å². The standard InChI is InChI=1S/C19H15ClN2O4/c20-11-6-4-10(5-7-11)17-13-3-1-2-12(13)16-15(22(25)26)9-8-14(19(23)24)18(16)21-17/h1-2,4-9,12-13,17,21H,3H2,(H,23,24)/p-1/t12-,13-,17-/m0/s1. The van der Waals surface area contributed by atoms with Gasteiger partial charge in [0.2, 0.25) is 0 Å². The lowest BCUT2D eigenvalue weighted by Crippen LogP contribution is -2.33. The molecule has 0 saturated heterocycles. The fourth-order valence-corrected chi connectivity index (χ4v) is 4.15. The lowest BCUT2D eigenvalue weighted by molar-refractivity contribution is -0.385. The number of nitro benzene ring substituents is 1. The first kappa shape index (κ1) is 16.6. The maximum Gasteiger partial charge on any atom is 0.275 e. The Bertz CT molecular complexity index is 939. The average molecular weight is 370 g/mol. The van der Waals surface area contributed by atoms with E-state index in [-0.39, 0.29) is 34.8 Å². The van der Waals surface area contributed by atoms with E-state index in [0.717, 1.165) is 12.0 Å². The molecule has 1 heterocycles. The van der Waals surface area contributed by atoms with Gasteiger partial charge in [0.05, 0.1) is 28.2 Å². The molecule has 0 radical (unpaired) electrons. The zero-order valence-electron chi connectivity index (χ0n) is 13.5. The van der Waals surface area contributed by atoms with Gasteiger partial charge in [-0.1, -0.05) is 35.9 Å². The molecule has 6 nitrogen and oxygen atoms in total. The summed E-state index contributed by atoms with van der Waals surface area (Å²) in [5, 5.41) is 26.9. The summed E-state index contributed by atoms with van der Waals surface area (Å²) in [6, 6.07) is 9.62. The van der Waals surface area contributed by atoms with Gasteiger partial charge < -0.3 is 15.2 Å². The van der Waals surface area contributed by atoms with Crippen molar-refractivity contribution < 1.29 is 14.8 Å². The minimum absolute atomic E-state index is 0.0550. The summed E-state index contributed by atoms with van der Waals surface area (Å²) in [5.41, 5.74) is 1.50. The lowest BCUT2D eigenvalue weighted by Gasteiger charge is -2.38. The van der Waals surface area contributed by atoms with E-state index in [1.807, 2.05) is 24.3 Å². The Morgan fingerprint density at radius 1 is 1.19 bits per heavy atom. The van der Waals surface area contributed by atoms with Gasteiger partial charge in [-0.25, -0.2) is 0 Å². The van der Waals surface area contributed by atoms with E-state index in [2.05, 4.69) is 5.32 Å². The van der Waals surface area contributed by atoms with E-state index in [1.165, 1.54) is 12.1 Å². The molecule has 2 aromatic rings. The van der Waals surface area contributed by atoms with Crippen molar-refractivity contribution in [2.75, 3.05) is 5.32 Å². The van der Waals surface area contributed by atoms with Crippen LogP contribution in [0.15, 0.2) is 48.6 Å². The molecular weight excluding hydrogens is 356 g/mol. The van der Waals surface area contributed by atoms with Crippen molar-refractivity contribution in [2.24, 2.45) is 5.92 Å². The van der Waals surface area contributed by atoms with Crippen LogP contribution in [0.4, 0.5) is 11.4 Å². The largest absolute Gasteiger partial charge is 0.545 e. The third-order valence-corrected chi connectivity index (χ3v) is 5.39. The van der Waals surface area contributed by atoms with Crippen LogP contribution in [0.1, 0.15) is 39.9 Å². The van der Waals surface area contributed by atoms with E-state index in [1.54, 1.807) is 12.1 Å². The number of rotatable bonds is 3. The predicted octanol–water partition coefficient (Wildman–Crippen LogP) is 3.44. The molecular formula is C19H14ClN2O4-. The lowest BCUT2D eigenvalue weighted by atomic mass is 9.75. The number of benzene rings is 2. The summed E-state index contributed by atoms with van der Waals surface area (Å²) >= 11 is 5.97. The fraction of sp³-hybridized carbons (Fsp3) is 0.211. The number of fused-ring (bicyclic) bond motifs is 3. The number of carboxylic acid groups (broad SMARTS) is 1. The number of carbonyl (C=O) groups excluding carboxylic acids is 1. The highest BCUT2D eigenvalue weighted by Crippen LogP contribution is 2.53. The topological polar surface area (TPSA) is 95.3 Å². The van der Waals surface area contributed by atoms with Crippen molar-refractivity contribution in [3.63, 3.8) is 0 Å². The Hall–Kier alpha value is -2.86.